The van der Waals surface area contributed by atoms with E-state index in [0.717, 1.165) is 10.8 Å². The molecule has 0 aliphatic heterocycles. The molecule has 0 fully saturated rings. The maximum atomic E-state index is 13.2. The minimum atomic E-state index is -0.894. The van der Waals surface area contributed by atoms with Gasteiger partial charge in [0.05, 0.1) is 18.5 Å². The van der Waals surface area contributed by atoms with Gasteiger partial charge in [0.2, 0.25) is 5.91 Å². The van der Waals surface area contributed by atoms with Crippen LogP contribution in [0.4, 0.5) is 0 Å². The highest BCUT2D eigenvalue weighted by Gasteiger charge is 2.32. The zero-order valence-corrected chi connectivity index (χ0v) is 24.2. The molecule has 0 radical (unpaired) electrons. The minimum absolute atomic E-state index is 0.101. The summed E-state index contributed by atoms with van der Waals surface area (Å²) < 4.78 is 15.9. The topological polar surface area (TPSA) is 120 Å². The van der Waals surface area contributed by atoms with Crippen molar-refractivity contribution in [1.29, 1.82) is 0 Å². The summed E-state index contributed by atoms with van der Waals surface area (Å²) in [5.41, 5.74) is -0.238. The quantitative estimate of drug-likeness (QED) is 0.290. The van der Waals surface area contributed by atoms with Crippen LogP contribution >= 0.6 is 0 Å². The third-order valence-electron chi connectivity index (χ3n) is 6.19. The van der Waals surface area contributed by atoms with E-state index in [9.17, 15) is 19.2 Å². The maximum Gasteiger partial charge on any atom is 0.308 e. The zero-order chi connectivity index (χ0) is 29.3. The van der Waals surface area contributed by atoms with E-state index < -0.39 is 41.8 Å². The molecule has 0 saturated heterocycles. The monoisotopic (exact) mass is 542 g/mol. The molecule has 0 heterocycles. The van der Waals surface area contributed by atoms with Gasteiger partial charge in [-0.15, -0.1) is 0 Å². The molecule has 0 unspecified atom stereocenters. The van der Waals surface area contributed by atoms with Gasteiger partial charge in [-0.1, -0.05) is 51.1 Å². The van der Waals surface area contributed by atoms with E-state index >= 15 is 0 Å². The molecular formula is C30H42N2O7. The number of rotatable bonds is 13. The van der Waals surface area contributed by atoms with Crippen LogP contribution in [0, 0.1) is 11.8 Å². The maximum absolute atomic E-state index is 13.2. The van der Waals surface area contributed by atoms with Gasteiger partial charge in [0.1, 0.15) is 5.60 Å². The predicted octanol–water partition coefficient (Wildman–Crippen LogP) is 4.03. The molecule has 2 aromatic carbocycles. The number of fused-ring (bicyclic) bond motifs is 1. The summed E-state index contributed by atoms with van der Waals surface area (Å²) in [4.78, 5) is 51.7. The lowest BCUT2D eigenvalue weighted by Gasteiger charge is -2.28. The summed E-state index contributed by atoms with van der Waals surface area (Å²) in [6.45, 7) is 10.6. The lowest BCUT2D eigenvalue weighted by Crippen LogP contribution is -2.49. The minimum Gasteiger partial charge on any atom is -0.460 e. The molecule has 0 saturated carbocycles. The van der Waals surface area contributed by atoms with E-state index in [0.29, 0.717) is 5.56 Å². The number of Topliss-reactive ketones (excluding diaryl/α,β-unsaturated/α-hetero) is 1. The van der Waals surface area contributed by atoms with Crippen molar-refractivity contribution in [3.05, 3.63) is 48.0 Å². The van der Waals surface area contributed by atoms with E-state index in [1.807, 2.05) is 44.2 Å². The van der Waals surface area contributed by atoms with Crippen LogP contribution < -0.4 is 10.6 Å². The summed E-state index contributed by atoms with van der Waals surface area (Å²) in [6, 6.07) is 11.5. The molecule has 0 bridgehead atoms. The van der Waals surface area contributed by atoms with Crippen molar-refractivity contribution in [3.8, 4) is 0 Å². The molecule has 2 rings (SSSR count). The Morgan fingerprint density at radius 3 is 2.03 bits per heavy atom. The molecule has 0 spiro atoms. The molecule has 39 heavy (non-hydrogen) atoms. The van der Waals surface area contributed by atoms with Crippen LogP contribution in [-0.2, 0) is 28.6 Å². The Balaban J connectivity index is 2.07. The molecule has 0 aliphatic carbocycles. The smallest absolute Gasteiger partial charge is 0.308 e. The second kappa shape index (κ2) is 14.2. The number of ketones is 1. The largest absolute Gasteiger partial charge is 0.460 e. The van der Waals surface area contributed by atoms with E-state index in [1.54, 1.807) is 39.8 Å². The van der Waals surface area contributed by atoms with Gasteiger partial charge in [0, 0.05) is 32.1 Å². The first-order valence-electron chi connectivity index (χ1n) is 13.2. The van der Waals surface area contributed by atoms with Crippen LogP contribution in [0.25, 0.3) is 10.8 Å². The fraction of sp³-hybridized carbons (Fsp3) is 0.533. The number of methoxy groups -OCH3 is 2. The molecule has 9 nitrogen and oxygen atoms in total. The Morgan fingerprint density at radius 1 is 0.846 bits per heavy atom. The number of esters is 1. The van der Waals surface area contributed by atoms with Crippen molar-refractivity contribution in [2.75, 3.05) is 14.2 Å². The Hall–Kier alpha value is -3.30. The van der Waals surface area contributed by atoms with Crippen molar-refractivity contribution in [3.63, 3.8) is 0 Å². The van der Waals surface area contributed by atoms with Crippen molar-refractivity contribution < 1.29 is 33.4 Å². The standard InChI is InChI=1S/C30H42N2O7/c1-18(2)26(32-28(36)22-14-13-20-11-9-10-12-21(20)16-22)24(33)15-19(3)27(35)31-23(29(37-7)38-8)17-25(34)39-30(4,5)6/h9-14,16,18-19,23,26,29H,15,17H2,1-8H3,(H,31,35)(H,32,36)/t19-,23-,26-/m0/s1. The average molecular weight is 543 g/mol. The molecule has 0 aliphatic rings. The van der Waals surface area contributed by atoms with E-state index in [4.69, 9.17) is 14.2 Å². The Morgan fingerprint density at radius 2 is 1.46 bits per heavy atom. The zero-order valence-electron chi connectivity index (χ0n) is 24.2. The summed E-state index contributed by atoms with van der Waals surface area (Å²) in [5.74, 6) is -2.51. The molecule has 2 N–H and O–H groups in total. The number of ether oxygens (including phenoxy) is 3. The first-order valence-corrected chi connectivity index (χ1v) is 13.2. The van der Waals surface area contributed by atoms with E-state index in [2.05, 4.69) is 10.6 Å². The lowest BCUT2D eigenvalue weighted by atomic mass is 9.92. The first-order chi connectivity index (χ1) is 18.2. The number of nitrogens with one attached hydrogen (secondary N) is 2. The molecule has 0 aromatic heterocycles. The van der Waals surface area contributed by atoms with Crippen molar-refractivity contribution in [1.82, 2.24) is 10.6 Å². The van der Waals surface area contributed by atoms with Gasteiger partial charge in [0.25, 0.3) is 5.91 Å². The fourth-order valence-electron chi connectivity index (χ4n) is 4.22. The molecule has 214 valence electrons. The summed E-state index contributed by atoms with van der Waals surface area (Å²) in [7, 11) is 2.81. The Kier molecular flexibility index (Phi) is 11.6. The highest BCUT2D eigenvalue weighted by Crippen LogP contribution is 2.18. The summed E-state index contributed by atoms with van der Waals surface area (Å²) in [6.07, 6.45) is -1.17. The highest BCUT2D eigenvalue weighted by molar-refractivity contribution is 6.01. The van der Waals surface area contributed by atoms with Crippen molar-refractivity contribution in [2.24, 2.45) is 11.8 Å². The van der Waals surface area contributed by atoms with Gasteiger partial charge in [-0.05, 0) is 49.6 Å². The molecule has 2 aromatic rings. The van der Waals surface area contributed by atoms with E-state index in [-0.39, 0.29) is 30.4 Å². The van der Waals surface area contributed by atoms with Crippen molar-refractivity contribution >= 4 is 34.3 Å². The molecule has 9 heteroatoms. The molecule has 3 atom stereocenters. The summed E-state index contributed by atoms with van der Waals surface area (Å²) >= 11 is 0. The first kappa shape index (κ1) is 31.9. The SMILES string of the molecule is COC(OC)[C@H](CC(=O)OC(C)(C)C)NC(=O)[C@@H](C)CC(=O)[C@@H](NC(=O)c1ccc2ccccc2c1)C(C)C. The van der Waals surface area contributed by atoms with Crippen molar-refractivity contribution in [2.45, 2.75) is 78.4 Å². The van der Waals surface area contributed by atoms with Crippen LogP contribution in [0.2, 0.25) is 0 Å². The molecule has 2 amide bonds. The fourth-order valence-corrected chi connectivity index (χ4v) is 4.22. The number of carbonyl (C=O) groups excluding carboxylic acids is 4. The van der Waals surface area contributed by atoms with E-state index in [1.165, 1.54) is 14.2 Å². The molecular weight excluding hydrogens is 500 g/mol. The third kappa shape index (κ3) is 9.75. The normalized spacial score (nSPS) is 14.1. The number of carbonyl (C=O) groups is 4. The van der Waals surface area contributed by atoms with Crippen LogP contribution in [0.15, 0.2) is 42.5 Å². The Labute approximate surface area is 230 Å². The lowest BCUT2D eigenvalue weighted by molar-refractivity contribution is -0.163. The summed E-state index contributed by atoms with van der Waals surface area (Å²) in [5, 5.41) is 7.55. The van der Waals surface area contributed by atoms with Gasteiger partial charge in [0.15, 0.2) is 12.1 Å². The van der Waals surface area contributed by atoms with Gasteiger partial charge >= 0.3 is 5.97 Å². The number of benzene rings is 2. The van der Waals surface area contributed by atoms with Crippen LogP contribution in [0.5, 0.6) is 0 Å². The number of amides is 2. The van der Waals surface area contributed by atoms with Gasteiger partial charge in [-0.25, -0.2) is 0 Å². The number of hydrogen-bond donors (Lipinski definition) is 2. The van der Waals surface area contributed by atoms with Crippen LogP contribution in [0.3, 0.4) is 0 Å². The number of hydrogen-bond acceptors (Lipinski definition) is 7. The highest BCUT2D eigenvalue weighted by atomic mass is 16.7. The second-order valence-electron chi connectivity index (χ2n) is 11.1. The third-order valence-corrected chi connectivity index (χ3v) is 6.19. The van der Waals surface area contributed by atoms with Gasteiger partial charge < -0.3 is 24.8 Å². The van der Waals surface area contributed by atoms with Gasteiger partial charge in [-0.3, -0.25) is 19.2 Å². The van der Waals surface area contributed by atoms with Gasteiger partial charge in [-0.2, -0.15) is 0 Å². The van der Waals surface area contributed by atoms with Crippen LogP contribution in [-0.4, -0.2) is 61.8 Å². The van der Waals surface area contributed by atoms with Crippen LogP contribution in [0.1, 0.15) is 64.7 Å². The predicted molar refractivity (Wildman–Crippen MR) is 149 cm³/mol. The second-order valence-corrected chi connectivity index (χ2v) is 11.1. The Bertz CT molecular complexity index is 1150. The average Bonchev–Trinajstić information content (AvgIpc) is 2.85.